The number of rotatable bonds is 2. The van der Waals surface area contributed by atoms with Gasteiger partial charge in [0.1, 0.15) is 5.65 Å². The van der Waals surface area contributed by atoms with Crippen LogP contribution in [-0.4, -0.2) is 22.0 Å². The molecule has 1 aromatic carbocycles. The van der Waals surface area contributed by atoms with Crippen LogP contribution >= 0.6 is 15.9 Å². The first-order valence-electron chi connectivity index (χ1n) is 6.51. The van der Waals surface area contributed by atoms with Crippen LogP contribution < -0.4 is 9.47 Å². The Bertz CT molecular complexity index is 955. The van der Waals surface area contributed by atoms with Crippen LogP contribution in [0.2, 0.25) is 0 Å². The summed E-state index contributed by atoms with van der Waals surface area (Å²) in [5.41, 5.74) is 0.827. The molecule has 1 aliphatic heterocycles. The summed E-state index contributed by atoms with van der Waals surface area (Å²) in [4.78, 5) is 19.8. The van der Waals surface area contributed by atoms with Crippen molar-refractivity contribution in [1.29, 1.82) is 0 Å². The van der Waals surface area contributed by atoms with Crippen molar-refractivity contribution in [3.05, 3.63) is 52.3 Å². The van der Waals surface area contributed by atoms with Gasteiger partial charge in [0.15, 0.2) is 17.3 Å². The third-order valence-corrected chi connectivity index (χ3v) is 3.85. The van der Waals surface area contributed by atoms with Gasteiger partial charge in [0.2, 0.25) is 0 Å². The first kappa shape index (κ1) is 14.1. The summed E-state index contributed by atoms with van der Waals surface area (Å²) >= 11 is 3.29. The first-order valence-corrected chi connectivity index (χ1v) is 7.30. The van der Waals surface area contributed by atoms with Crippen molar-refractivity contribution < 1.29 is 23.0 Å². The smallest absolute Gasteiger partial charge is 0.395 e. The van der Waals surface area contributed by atoms with Crippen LogP contribution in [0.5, 0.6) is 11.5 Å². The van der Waals surface area contributed by atoms with E-state index in [4.69, 9.17) is 0 Å². The van der Waals surface area contributed by atoms with Crippen LogP contribution in [0.3, 0.4) is 0 Å². The summed E-state index contributed by atoms with van der Waals surface area (Å²) in [5.74, 6) is -0.894. The Balaban J connectivity index is 1.85. The second-order valence-corrected chi connectivity index (χ2v) is 5.80. The number of ketones is 1. The molecule has 0 unspecified atom stereocenters. The van der Waals surface area contributed by atoms with Crippen LogP contribution in [0.15, 0.2) is 41.1 Å². The highest BCUT2D eigenvalue weighted by atomic mass is 79.9. The third-order valence-electron chi connectivity index (χ3n) is 3.42. The molecule has 0 radical (unpaired) electrons. The van der Waals surface area contributed by atoms with E-state index in [0.29, 0.717) is 21.1 Å². The number of para-hydroxylation sites is 1. The van der Waals surface area contributed by atoms with Crippen LogP contribution in [0.25, 0.3) is 11.0 Å². The van der Waals surface area contributed by atoms with Gasteiger partial charge >= 0.3 is 6.29 Å². The van der Waals surface area contributed by atoms with Gasteiger partial charge in [-0.1, -0.05) is 6.07 Å². The van der Waals surface area contributed by atoms with Crippen molar-refractivity contribution in [1.82, 2.24) is 9.97 Å². The zero-order valence-corrected chi connectivity index (χ0v) is 12.9. The summed E-state index contributed by atoms with van der Waals surface area (Å²) < 4.78 is 36.0. The Morgan fingerprint density at radius 1 is 1.26 bits per heavy atom. The lowest BCUT2D eigenvalue weighted by Gasteiger charge is -2.06. The SMILES string of the molecule is O=C(c1cccc2c1OC(F)(F)O2)c1c[nH]c2ncc(Br)cc12. The maximum absolute atomic E-state index is 13.3. The molecule has 23 heavy (non-hydrogen) atoms. The Morgan fingerprint density at radius 2 is 2.09 bits per heavy atom. The molecule has 2 aromatic heterocycles. The Labute approximate surface area is 136 Å². The minimum Gasteiger partial charge on any atom is -0.395 e. The van der Waals surface area contributed by atoms with Gasteiger partial charge in [-0.25, -0.2) is 4.98 Å². The number of alkyl halides is 2. The summed E-state index contributed by atoms with van der Waals surface area (Å²) in [5, 5.41) is 0.577. The Hall–Kier alpha value is -2.48. The summed E-state index contributed by atoms with van der Waals surface area (Å²) in [6.45, 7) is 0. The number of nitrogens with zero attached hydrogens (tertiary/aromatic N) is 1. The number of aromatic amines is 1. The second-order valence-electron chi connectivity index (χ2n) is 4.88. The van der Waals surface area contributed by atoms with Gasteiger partial charge in [-0.2, -0.15) is 0 Å². The van der Waals surface area contributed by atoms with E-state index in [9.17, 15) is 13.6 Å². The van der Waals surface area contributed by atoms with E-state index in [-0.39, 0.29) is 17.1 Å². The molecule has 0 amide bonds. The summed E-state index contributed by atoms with van der Waals surface area (Å²) in [6, 6.07) is 5.91. The van der Waals surface area contributed by atoms with E-state index in [1.165, 1.54) is 24.4 Å². The molecule has 0 aliphatic carbocycles. The second kappa shape index (κ2) is 4.76. The maximum Gasteiger partial charge on any atom is 0.586 e. The average Bonchev–Trinajstić information content (AvgIpc) is 3.04. The van der Waals surface area contributed by atoms with E-state index in [1.54, 1.807) is 12.3 Å². The lowest BCUT2D eigenvalue weighted by molar-refractivity contribution is -0.286. The molecular formula is C15H7BrF2N2O3. The lowest BCUT2D eigenvalue weighted by Crippen LogP contribution is -2.26. The molecule has 0 saturated carbocycles. The number of fused-ring (bicyclic) bond motifs is 2. The molecule has 116 valence electrons. The number of halogens is 3. The lowest BCUT2D eigenvalue weighted by atomic mass is 10.0. The molecule has 1 aliphatic rings. The monoisotopic (exact) mass is 380 g/mol. The van der Waals surface area contributed by atoms with E-state index >= 15 is 0 Å². The van der Waals surface area contributed by atoms with E-state index in [2.05, 4.69) is 35.4 Å². The number of ether oxygens (including phenoxy) is 2. The highest BCUT2D eigenvalue weighted by molar-refractivity contribution is 9.10. The molecule has 1 N–H and O–H groups in total. The van der Waals surface area contributed by atoms with Crippen LogP contribution in [-0.2, 0) is 0 Å². The average molecular weight is 381 g/mol. The van der Waals surface area contributed by atoms with Gasteiger partial charge in [0, 0.05) is 27.8 Å². The zero-order chi connectivity index (χ0) is 16.2. The molecule has 4 rings (SSSR count). The number of carbonyl (C=O) groups excluding carboxylic acids is 1. The van der Waals surface area contributed by atoms with Gasteiger partial charge in [0.25, 0.3) is 0 Å². The number of aromatic nitrogens is 2. The van der Waals surface area contributed by atoms with E-state index in [1.807, 2.05) is 0 Å². The summed E-state index contributed by atoms with van der Waals surface area (Å²) in [6.07, 6.45) is -0.700. The van der Waals surface area contributed by atoms with E-state index < -0.39 is 12.1 Å². The van der Waals surface area contributed by atoms with Crippen molar-refractivity contribution in [3.8, 4) is 11.5 Å². The number of benzene rings is 1. The maximum atomic E-state index is 13.3. The number of hydrogen-bond donors (Lipinski definition) is 1. The predicted octanol–water partition coefficient (Wildman–Crippen LogP) is 3.88. The normalized spacial score (nSPS) is 15.1. The van der Waals surface area contributed by atoms with Gasteiger partial charge in [-0.3, -0.25) is 4.79 Å². The van der Waals surface area contributed by atoms with E-state index in [0.717, 1.165) is 0 Å². The molecule has 0 fully saturated rings. The van der Waals surface area contributed by atoms with Gasteiger partial charge in [-0.05, 0) is 34.1 Å². The van der Waals surface area contributed by atoms with Crippen molar-refractivity contribution in [3.63, 3.8) is 0 Å². The van der Waals surface area contributed by atoms with Gasteiger partial charge < -0.3 is 14.5 Å². The number of H-pyrrole nitrogens is 1. The number of hydrogen-bond acceptors (Lipinski definition) is 4. The minimum absolute atomic E-state index is 0.000510. The van der Waals surface area contributed by atoms with Gasteiger partial charge in [0.05, 0.1) is 5.56 Å². The molecule has 3 aromatic rings. The number of pyridine rings is 1. The minimum atomic E-state index is -3.77. The third kappa shape index (κ3) is 2.26. The molecule has 0 bridgehead atoms. The highest BCUT2D eigenvalue weighted by Gasteiger charge is 2.45. The number of carbonyl (C=O) groups is 1. The first-order chi connectivity index (χ1) is 10.9. The standard InChI is InChI=1S/C15H7BrF2N2O3/c16-7-4-9-10(6-20-14(9)19-5-7)12(21)8-2-1-3-11-13(8)23-15(17,18)22-11/h1-6H,(H,19,20). The summed E-state index contributed by atoms with van der Waals surface area (Å²) in [7, 11) is 0. The largest absolute Gasteiger partial charge is 0.586 e. The molecule has 3 heterocycles. The van der Waals surface area contributed by atoms with Crippen molar-refractivity contribution in [2.24, 2.45) is 0 Å². The fourth-order valence-corrected chi connectivity index (χ4v) is 2.79. The Morgan fingerprint density at radius 3 is 2.91 bits per heavy atom. The molecule has 0 saturated heterocycles. The predicted molar refractivity (Wildman–Crippen MR) is 79.9 cm³/mol. The van der Waals surface area contributed by atoms with Gasteiger partial charge in [-0.15, -0.1) is 8.78 Å². The van der Waals surface area contributed by atoms with Crippen LogP contribution in [0, 0.1) is 0 Å². The van der Waals surface area contributed by atoms with Crippen LogP contribution in [0.1, 0.15) is 15.9 Å². The quantitative estimate of drug-likeness (QED) is 0.685. The number of nitrogens with one attached hydrogen (secondary N) is 1. The topological polar surface area (TPSA) is 64.2 Å². The van der Waals surface area contributed by atoms with Crippen molar-refractivity contribution >= 4 is 32.7 Å². The molecular weight excluding hydrogens is 374 g/mol. The molecule has 8 heteroatoms. The van der Waals surface area contributed by atoms with Crippen molar-refractivity contribution in [2.75, 3.05) is 0 Å². The van der Waals surface area contributed by atoms with Crippen molar-refractivity contribution in [2.45, 2.75) is 6.29 Å². The molecule has 5 nitrogen and oxygen atoms in total. The highest BCUT2D eigenvalue weighted by Crippen LogP contribution is 2.44. The van der Waals surface area contributed by atoms with Crippen LogP contribution in [0.4, 0.5) is 8.78 Å². The molecule has 0 atom stereocenters. The Kier molecular flexibility index (Phi) is 2.92. The zero-order valence-electron chi connectivity index (χ0n) is 11.3. The fourth-order valence-electron chi connectivity index (χ4n) is 2.46. The fraction of sp³-hybridized carbons (Fsp3) is 0.0667. The molecule has 0 spiro atoms.